The van der Waals surface area contributed by atoms with Crippen molar-refractivity contribution in [2.45, 2.75) is 26.3 Å². The number of carbonyl (C=O) groups excluding carboxylic acids is 1. The molecule has 1 aliphatic rings. The molecule has 1 saturated heterocycles. The van der Waals surface area contributed by atoms with E-state index in [4.69, 9.17) is 0 Å². The number of hydrogen-bond donors (Lipinski definition) is 2. The van der Waals surface area contributed by atoms with Gasteiger partial charge in [0.2, 0.25) is 5.91 Å². The van der Waals surface area contributed by atoms with Crippen LogP contribution in [-0.2, 0) is 4.79 Å². The summed E-state index contributed by atoms with van der Waals surface area (Å²) in [6.45, 7) is 4.66. The number of amides is 1. The third kappa shape index (κ3) is 2.90. The standard InChI is InChI=1S/C13H17N3O3/c1-8-3-4-10(16(18)19)7-11(8)15-13(17)12-9(2)5-6-14-12/h3-4,7,9,12,14H,5-6H2,1-2H3,(H,15,17). The van der Waals surface area contributed by atoms with Crippen molar-refractivity contribution in [3.63, 3.8) is 0 Å². The van der Waals surface area contributed by atoms with Crippen molar-refractivity contribution in [2.24, 2.45) is 5.92 Å². The number of rotatable bonds is 3. The van der Waals surface area contributed by atoms with Gasteiger partial charge < -0.3 is 10.6 Å². The Labute approximate surface area is 111 Å². The second-order valence-corrected chi connectivity index (χ2v) is 4.94. The van der Waals surface area contributed by atoms with Gasteiger partial charge in [-0.2, -0.15) is 0 Å². The Morgan fingerprint density at radius 2 is 2.26 bits per heavy atom. The summed E-state index contributed by atoms with van der Waals surface area (Å²) in [6.07, 6.45) is 0.964. The van der Waals surface area contributed by atoms with Gasteiger partial charge in [0.1, 0.15) is 0 Å². The molecule has 2 unspecified atom stereocenters. The highest BCUT2D eigenvalue weighted by Gasteiger charge is 2.29. The van der Waals surface area contributed by atoms with Crippen molar-refractivity contribution in [3.8, 4) is 0 Å². The van der Waals surface area contributed by atoms with Crippen LogP contribution in [0.25, 0.3) is 0 Å². The number of nitrogens with one attached hydrogen (secondary N) is 2. The Morgan fingerprint density at radius 3 is 2.84 bits per heavy atom. The van der Waals surface area contributed by atoms with Crippen molar-refractivity contribution in [1.29, 1.82) is 0 Å². The Balaban J connectivity index is 2.16. The van der Waals surface area contributed by atoms with Gasteiger partial charge in [0, 0.05) is 12.1 Å². The number of non-ortho nitro benzene ring substituents is 1. The summed E-state index contributed by atoms with van der Waals surface area (Å²) < 4.78 is 0. The molecule has 102 valence electrons. The predicted octanol–water partition coefficient (Wildman–Crippen LogP) is 1.84. The first-order chi connectivity index (χ1) is 8.99. The lowest BCUT2D eigenvalue weighted by Crippen LogP contribution is -2.39. The molecule has 1 amide bonds. The summed E-state index contributed by atoms with van der Waals surface area (Å²) in [7, 11) is 0. The number of hydrogen-bond acceptors (Lipinski definition) is 4. The maximum atomic E-state index is 12.1. The molecule has 0 radical (unpaired) electrons. The number of nitro benzene ring substituents is 1. The maximum Gasteiger partial charge on any atom is 0.271 e. The summed E-state index contributed by atoms with van der Waals surface area (Å²) in [5, 5.41) is 16.6. The van der Waals surface area contributed by atoms with Crippen molar-refractivity contribution >= 4 is 17.3 Å². The average molecular weight is 263 g/mol. The third-order valence-corrected chi connectivity index (χ3v) is 3.51. The minimum atomic E-state index is -0.467. The second-order valence-electron chi connectivity index (χ2n) is 4.94. The minimum Gasteiger partial charge on any atom is -0.324 e. The lowest BCUT2D eigenvalue weighted by molar-refractivity contribution is -0.384. The maximum absolute atomic E-state index is 12.1. The molecule has 6 nitrogen and oxygen atoms in total. The molecule has 0 bridgehead atoms. The van der Waals surface area contributed by atoms with E-state index in [9.17, 15) is 14.9 Å². The molecule has 1 heterocycles. The lowest BCUT2D eigenvalue weighted by Gasteiger charge is -2.16. The zero-order chi connectivity index (χ0) is 14.0. The molecule has 0 saturated carbocycles. The van der Waals surface area contributed by atoms with E-state index in [1.54, 1.807) is 6.07 Å². The number of aryl methyl sites for hydroxylation is 1. The van der Waals surface area contributed by atoms with Gasteiger partial charge >= 0.3 is 0 Å². The van der Waals surface area contributed by atoms with E-state index in [0.29, 0.717) is 5.69 Å². The summed E-state index contributed by atoms with van der Waals surface area (Å²) in [5.41, 5.74) is 1.29. The quantitative estimate of drug-likeness (QED) is 0.643. The second kappa shape index (κ2) is 5.36. The number of nitrogens with zero attached hydrogens (tertiary/aromatic N) is 1. The Hall–Kier alpha value is -1.95. The van der Waals surface area contributed by atoms with E-state index in [2.05, 4.69) is 10.6 Å². The van der Waals surface area contributed by atoms with Crippen LogP contribution in [0.1, 0.15) is 18.9 Å². The number of benzene rings is 1. The molecule has 2 atom stereocenters. The van der Waals surface area contributed by atoms with Gasteiger partial charge in [-0.05, 0) is 31.4 Å². The fraction of sp³-hybridized carbons (Fsp3) is 0.462. The molecular formula is C13H17N3O3. The van der Waals surface area contributed by atoms with Gasteiger partial charge in [0.15, 0.2) is 0 Å². The highest BCUT2D eigenvalue weighted by Crippen LogP contribution is 2.23. The van der Waals surface area contributed by atoms with Crippen LogP contribution in [0.2, 0.25) is 0 Å². The average Bonchev–Trinajstić information content (AvgIpc) is 2.78. The van der Waals surface area contributed by atoms with Crippen LogP contribution in [0.4, 0.5) is 11.4 Å². The summed E-state index contributed by atoms with van der Waals surface area (Å²) in [5.74, 6) is 0.146. The number of nitro groups is 1. The van der Waals surface area contributed by atoms with Gasteiger partial charge in [0.05, 0.1) is 16.7 Å². The number of anilines is 1. The molecular weight excluding hydrogens is 246 g/mol. The number of carbonyl (C=O) groups is 1. The largest absolute Gasteiger partial charge is 0.324 e. The van der Waals surface area contributed by atoms with Crippen LogP contribution in [0.15, 0.2) is 18.2 Å². The van der Waals surface area contributed by atoms with Crippen molar-refractivity contribution in [3.05, 3.63) is 33.9 Å². The zero-order valence-electron chi connectivity index (χ0n) is 11.0. The summed E-state index contributed by atoms with van der Waals surface area (Å²) in [6, 6.07) is 4.24. The van der Waals surface area contributed by atoms with Crippen LogP contribution < -0.4 is 10.6 Å². The first-order valence-corrected chi connectivity index (χ1v) is 6.28. The molecule has 1 aliphatic heterocycles. The normalized spacial score (nSPS) is 22.2. The highest BCUT2D eigenvalue weighted by molar-refractivity contribution is 5.96. The first-order valence-electron chi connectivity index (χ1n) is 6.28. The fourth-order valence-corrected chi connectivity index (χ4v) is 2.25. The third-order valence-electron chi connectivity index (χ3n) is 3.51. The predicted molar refractivity (Wildman–Crippen MR) is 72.0 cm³/mol. The fourth-order valence-electron chi connectivity index (χ4n) is 2.25. The molecule has 0 aromatic heterocycles. The van der Waals surface area contributed by atoms with Gasteiger partial charge in [-0.25, -0.2) is 0 Å². The van der Waals surface area contributed by atoms with E-state index in [-0.39, 0.29) is 23.6 Å². The molecule has 1 fully saturated rings. The SMILES string of the molecule is Cc1ccc([N+](=O)[O-])cc1NC(=O)C1NCCC1C. The Kier molecular flexibility index (Phi) is 3.80. The van der Waals surface area contributed by atoms with Crippen LogP contribution in [-0.4, -0.2) is 23.4 Å². The molecule has 0 spiro atoms. The van der Waals surface area contributed by atoms with E-state index in [0.717, 1.165) is 18.5 Å². The van der Waals surface area contributed by atoms with Crippen LogP contribution in [0, 0.1) is 23.0 Å². The molecule has 1 aromatic carbocycles. The highest BCUT2D eigenvalue weighted by atomic mass is 16.6. The molecule has 6 heteroatoms. The van der Waals surface area contributed by atoms with Gasteiger partial charge in [-0.15, -0.1) is 0 Å². The minimum absolute atomic E-state index is 0.0201. The van der Waals surface area contributed by atoms with E-state index in [1.807, 2.05) is 13.8 Å². The smallest absolute Gasteiger partial charge is 0.271 e. The van der Waals surface area contributed by atoms with E-state index >= 15 is 0 Å². The van der Waals surface area contributed by atoms with Crippen LogP contribution in [0.3, 0.4) is 0 Å². The monoisotopic (exact) mass is 263 g/mol. The molecule has 1 aromatic rings. The zero-order valence-corrected chi connectivity index (χ0v) is 11.0. The van der Waals surface area contributed by atoms with Gasteiger partial charge in [-0.3, -0.25) is 14.9 Å². The van der Waals surface area contributed by atoms with Crippen molar-refractivity contribution in [1.82, 2.24) is 5.32 Å². The Bertz CT molecular complexity index is 516. The summed E-state index contributed by atoms with van der Waals surface area (Å²) in [4.78, 5) is 22.4. The van der Waals surface area contributed by atoms with E-state index < -0.39 is 4.92 Å². The van der Waals surface area contributed by atoms with Gasteiger partial charge in [-0.1, -0.05) is 13.0 Å². The van der Waals surface area contributed by atoms with Gasteiger partial charge in [0.25, 0.3) is 5.69 Å². The topological polar surface area (TPSA) is 84.3 Å². The summed E-state index contributed by atoms with van der Waals surface area (Å²) >= 11 is 0. The van der Waals surface area contributed by atoms with Crippen molar-refractivity contribution < 1.29 is 9.72 Å². The van der Waals surface area contributed by atoms with Crippen LogP contribution in [0.5, 0.6) is 0 Å². The van der Waals surface area contributed by atoms with Crippen LogP contribution >= 0.6 is 0 Å². The Morgan fingerprint density at radius 1 is 1.53 bits per heavy atom. The molecule has 2 N–H and O–H groups in total. The molecule has 0 aliphatic carbocycles. The van der Waals surface area contributed by atoms with Crippen molar-refractivity contribution in [2.75, 3.05) is 11.9 Å². The lowest BCUT2D eigenvalue weighted by atomic mass is 10.0. The molecule has 2 rings (SSSR count). The first kappa shape index (κ1) is 13.5. The van der Waals surface area contributed by atoms with E-state index in [1.165, 1.54) is 12.1 Å². The molecule has 19 heavy (non-hydrogen) atoms.